The maximum Gasteiger partial charge on any atom is 0.304 e. The smallest absolute Gasteiger partial charge is 0.304 e. The van der Waals surface area contributed by atoms with Gasteiger partial charge in [-0.1, -0.05) is 13.8 Å². The zero-order valence-electron chi connectivity index (χ0n) is 9.49. The molecule has 0 atom stereocenters. The summed E-state index contributed by atoms with van der Waals surface area (Å²) in [5.41, 5.74) is 0. The van der Waals surface area contributed by atoms with E-state index in [9.17, 15) is 4.79 Å². The van der Waals surface area contributed by atoms with Crippen molar-refractivity contribution in [3.05, 3.63) is 0 Å². The highest BCUT2D eigenvalue weighted by Gasteiger charge is 2.13. The van der Waals surface area contributed by atoms with Crippen molar-refractivity contribution in [1.29, 1.82) is 0 Å². The van der Waals surface area contributed by atoms with Gasteiger partial charge in [0.15, 0.2) is 0 Å². The standard InChI is InChI=1S/C8H16N2O2.C2H6/c1-9-4-6-10(7-5-9)3-2-8(11)12;1-2/h2-7H2,1H3,(H,11,12);1-2H3. The molecule has 0 spiro atoms. The van der Waals surface area contributed by atoms with Crippen LogP contribution in [0.4, 0.5) is 0 Å². The average Bonchev–Trinajstić information content (AvgIpc) is 2.20. The number of rotatable bonds is 3. The number of nitrogens with zero attached hydrogens (tertiary/aromatic N) is 2. The molecular formula is C10H22N2O2. The Labute approximate surface area is 86.5 Å². The lowest BCUT2D eigenvalue weighted by atomic mass is 10.3. The van der Waals surface area contributed by atoms with Crippen LogP contribution < -0.4 is 0 Å². The average molecular weight is 202 g/mol. The van der Waals surface area contributed by atoms with E-state index in [-0.39, 0.29) is 6.42 Å². The molecule has 1 saturated heterocycles. The van der Waals surface area contributed by atoms with Crippen molar-refractivity contribution in [3.8, 4) is 0 Å². The summed E-state index contributed by atoms with van der Waals surface area (Å²) in [5, 5.41) is 8.46. The lowest BCUT2D eigenvalue weighted by Crippen LogP contribution is -2.44. The fourth-order valence-corrected chi connectivity index (χ4v) is 1.33. The molecule has 0 radical (unpaired) electrons. The van der Waals surface area contributed by atoms with Crippen LogP contribution in [0.3, 0.4) is 0 Å². The van der Waals surface area contributed by atoms with Gasteiger partial charge < -0.3 is 14.9 Å². The third-order valence-corrected chi connectivity index (χ3v) is 2.24. The molecule has 0 bridgehead atoms. The molecular weight excluding hydrogens is 180 g/mol. The topological polar surface area (TPSA) is 43.8 Å². The largest absolute Gasteiger partial charge is 0.481 e. The van der Waals surface area contributed by atoms with Crippen LogP contribution in [-0.2, 0) is 4.79 Å². The number of carboxylic acids is 1. The van der Waals surface area contributed by atoms with E-state index >= 15 is 0 Å². The minimum absolute atomic E-state index is 0.268. The van der Waals surface area contributed by atoms with Crippen molar-refractivity contribution in [3.63, 3.8) is 0 Å². The molecule has 4 heteroatoms. The molecule has 0 aromatic carbocycles. The summed E-state index contributed by atoms with van der Waals surface area (Å²) >= 11 is 0. The van der Waals surface area contributed by atoms with Gasteiger partial charge in [-0.15, -0.1) is 0 Å². The van der Waals surface area contributed by atoms with E-state index in [1.54, 1.807) is 0 Å². The van der Waals surface area contributed by atoms with Crippen molar-refractivity contribution in [1.82, 2.24) is 9.80 Å². The van der Waals surface area contributed by atoms with Crippen LogP contribution in [0, 0.1) is 0 Å². The minimum atomic E-state index is -0.700. The Balaban J connectivity index is 0.000000791. The van der Waals surface area contributed by atoms with Crippen LogP contribution in [-0.4, -0.2) is 60.6 Å². The van der Waals surface area contributed by atoms with Crippen molar-refractivity contribution in [2.75, 3.05) is 39.8 Å². The van der Waals surface area contributed by atoms with Crippen LogP contribution in [0.1, 0.15) is 20.3 Å². The van der Waals surface area contributed by atoms with E-state index in [0.29, 0.717) is 6.54 Å². The molecule has 14 heavy (non-hydrogen) atoms. The maximum atomic E-state index is 10.3. The lowest BCUT2D eigenvalue weighted by Gasteiger charge is -2.31. The number of aliphatic carboxylic acids is 1. The third-order valence-electron chi connectivity index (χ3n) is 2.24. The highest BCUT2D eigenvalue weighted by atomic mass is 16.4. The molecule has 1 N–H and O–H groups in total. The summed E-state index contributed by atoms with van der Waals surface area (Å²) in [6.45, 7) is 8.82. The quantitative estimate of drug-likeness (QED) is 0.733. The first-order valence-electron chi connectivity index (χ1n) is 5.31. The normalized spacial score (nSPS) is 18.5. The van der Waals surface area contributed by atoms with E-state index in [1.807, 2.05) is 13.8 Å². The Morgan fingerprint density at radius 2 is 1.71 bits per heavy atom. The Morgan fingerprint density at radius 1 is 1.21 bits per heavy atom. The minimum Gasteiger partial charge on any atom is -0.481 e. The summed E-state index contributed by atoms with van der Waals surface area (Å²) in [7, 11) is 2.09. The van der Waals surface area contributed by atoms with E-state index < -0.39 is 5.97 Å². The number of piperazine rings is 1. The van der Waals surface area contributed by atoms with Crippen molar-refractivity contribution < 1.29 is 9.90 Å². The molecule has 1 rings (SSSR count). The number of hydrogen-bond donors (Lipinski definition) is 1. The first kappa shape index (κ1) is 13.4. The lowest BCUT2D eigenvalue weighted by molar-refractivity contribution is -0.137. The molecule has 1 heterocycles. The van der Waals surface area contributed by atoms with E-state index in [1.165, 1.54) is 0 Å². The van der Waals surface area contributed by atoms with Gasteiger partial charge in [0.1, 0.15) is 0 Å². The van der Waals surface area contributed by atoms with Gasteiger partial charge in [-0.2, -0.15) is 0 Å². The first-order chi connectivity index (χ1) is 6.68. The van der Waals surface area contributed by atoms with E-state index in [2.05, 4.69) is 16.8 Å². The SMILES string of the molecule is CC.CN1CCN(CCC(=O)O)CC1. The fraction of sp³-hybridized carbons (Fsp3) is 0.900. The molecule has 0 aromatic rings. The predicted octanol–water partition coefficient (Wildman–Crippen LogP) is 0.735. The van der Waals surface area contributed by atoms with Gasteiger partial charge in [0, 0.05) is 32.7 Å². The molecule has 1 aliphatic rings. The molecule has 0 aromatic heterocycles. The second-order valence-electron chi connectivity index (χ2n) is 3.29. The number of hydrogen-bond acceptors (Lipinski definition) is 3. The summed E-state index contributed by atoms with van der Waals surface area (Å²) in [5.74, 6) is -0.700. The summed E-state index contributed by atoms with van der Waals surface area (Å²) < 4.78 is 0. The number of carboxylic acid groups (broad SMARTS) is 1. The van der Waals surface area contributed by atoms with E-state index in [4.69, 9.17) is 5.11 Å². The number of carbonyl (C=O) groups is 1. The highest BCUT2D eigenvalue weighted by Crippen LogP contribution is 1.99. The molecule has 0 aliphatic carbocycles. The van der Waals surface area contributed by atoms with Crippen LogP contribution in [0.25, 0.3) is 0 Å². The highest BCUT2D eigenvalue weighted by molar-refractivity contribution is 5.66. The second kappa shape index (κ2) is 7.76. The Kier molecular flexibility index (Phi) is 7.42. The third kappa shape index (κ3) is 5.94. The van der Waals surface area contributed by atoms with Crippen molar-refractivity contribution >= 4 is 5.97 Å². The Morgan fingerprint density at radius 3 is 2.14 bits per heavy atom. The van der Waals surface area contributed by atoms with E-state index in [0.717, 1.165) is 26.2 Å². The van der Waals surface area contributed by atoms with Crippen LogP contribution >= 0.6 is 0 Å². The van der Waals surface area contributed by atoms with Gasteiger partial charge in [0.2, 0.25) is 0 Å². The summed E-state index contributed by atoms with van der Waals surface area (Å²) in [6, 6.07) is 0. The second-order valence-corrected chi connectivity index (χ2v) is 3.29. The molecule has 4 nitrogen and oxygen atoms in total. The predicted molar refractivity (Wildman–Crippen MR) is 57.5 cm³/mol. The van der Waals surface area contributed by atoms with Crippen LogP contribution in [0.15, 0.2) is 0 Å². The molecule has 1 aliphatic heterocycles. The Bertz CT molecular complexity index is 154. The van der Waals surface area contributed by atoms with Gasteiger partial charge in [-0.05, 0) is 7.05 Å². The first-order valence-corrected chi connectivity index (χ1v) is 5.31. The molecule has 0 amide bonds. The van der Waals surface area contributed by atoms with Crippen molar-refractivity contribution in [2.24, 2.45) is 0 Å². The number of likely N-dealkylation sites (N-methyl/N-ethyl adjacent to an activating group) is 1. The van der Waals surface area contributed by atoms with Gasteiger partial charge >= 0.3 is 5.97 Å². The maximum absolute atomic E-state index is 10.3. The fourth-order valence-electron chi connectivity index (χ4n) is 1.33. The molecule has 1 fully saturated rings. The van der Waals surface area contributed by atoms with Gasteiger partial charge in [-0.25, -0.2) is 0 Å². The summed E-state index contributed by atoms with van der Waals surface area (Å²) in [6.07, 6.45) is 0.268. The van der Waals surface area contributed by atoms with Crippen LogP contribution in [0.2, 0.25) is 0 Å². The van der Waals surface area contributed by atoms with Gasteiger partial charge in [-0.3, -0.25) is 4.79 Å². The zero-order valence-corrected chi connectivity index (χ0v) is 9.49. The Hall–Kier alpha value is -0.610. The van der Waals surface area contributed by atoms with Crippen molar-refractivity contribution in [2.45, 2.75) is 20.3 Å². The zero-order chi connectivity index (χ0) is 11.0. The summed E-state index contributed by atoms with van der Waals surface area (Å²) in [4.78, 5) is 14.7. The molecule has 0 saturated carbocycles. The molecule has 0 unspecified atom stereocenters. The van der Waals surface area contributed by atoms with Gasteiger partial charge in [0.05, 0.1) is 6.42 Å². The van der Waals surface area contributed by atoms with Gasteiger partial charge in [0.25, 0.3) is 0 Å². The molecule has 84 valence electrons. The monoisotopic (exact) mass is 202 g/mol. The van der Waals surface area contributed by atoms with Crippen LogP contribution in [0.5, 0.6) is 0 Å².